The van der Waals surface area contributed by atoms with Crippen molar-refractivity contribution in [2.75, 3.05) is 13.1 Å². The first kappa shape index (κ1) is 15.5. The Kier molecular flexibility index (Phi) is 5.75. The predicted molar refractivity (Wildman–Crippen MR) is 79.4 cm³/mol. The molecule has 1 aromatic carbocycles. The van der Waals surface area contributed by atoms with Gasteiger partial charge < -0.3 is 15.4 Å². The van der Waals surface area contributed by atoms with E-state index in [0.717, 1.165) is 12.0 Å². The Morgan fingerprint density at radius 2 is 2.19 bits per heavy atom. The summed E-state index contributed by atoms with van der Waals surface area (Å²) < 4.78 is 5.30. The molecule has 1 aromatic rings. The normalized spacial score (nSPS) is 19.7. The fraction of sp³-hybridized carbons (Fsp3) is 0.500. The summed E-state index contributed by atoms with van der Waals surface area (Å²) in [6.45, 7) is 3.35. The number of benzene rings is 1. The number of carbonyl (C=O) groups excluding carboxylic acids is 2. The van der Waals surface area contributed by atoms with Gasteiger partial charge in [-0.1, -0.05) is 37.3 Å². The molecule has 5 nitrogen and oxygen atoms in total. The molecule has 2 atom stereocenters. The van der Waals surface area contributed by atoms with E-state index in [9.17, 15) is 9.59 Å². The van der Waals surface area contributed by atoms with E-state index in [1.54, 1.807) is 0 Å². The van der Waals surface area contributed by atoms with E-state index in [-0.39, 0.29) is 23.8 Å². The first-order valence-corrected chi connectivity index (χ1v) is 7.36. The average Bonchev–Trinajstić information content (AvgIpc) is 2.52. The lowest BCUT2D eigenvalue weighted by molar-refractivity contribution is -0.149. The zero-order valence-corrected chi connectivity index (χ0v) is 12.3. The molecule has 1 saturated heterocycles. The number of ether oxygens (including phenoxy) is 1. The first-order chi connectivity index (χ1) is 10.1. The third-order valence-electron chi connectivity index (χ3n) is 3.60. The number of piperidine rings is 1. The zero-order valence-electron chi connectivity index (χ0n) is 12.3. The van der Waals surface area contributed by atoms with Crippen molar-refractivity contribution in [1.82, 2.24) is 10.6 Å². The second-order valence-corrected chi connectivity index (χ2v) is 5.44. The van der Waals surface area contributed by atoms with E-state index < -0.39 is 0 Å². The Labute approximate surface area is 125 Å². The predicted octanol–water partition coefficient (Wildman–Crippen LogP) is 1.23. The third-order valence-corrected chi connectivity index (χ3v) is 3.60. The molecule has 2 unspecified atom stereocenters. The number of rotatable bonds is 6. The van der Waals surface area contributed by atoms with Crippen molar-refractivity contribution < 1.29 is 14.3 Å². The van der Waals surface area contributed by atoms with Crippen LogP contribution in [0.5, 0.6) is 0 Å². The number of hydrogen-bond acceptors (Lipinski definition) is 4. The van der Waals surface area contributed by atoms with Gasteiger partial charge in [-0.2, -0.15) is 0 Å². The van der Waals surface area contributed by atoms with Gasteiger partial charge in [0.25, 0.3) is 0 Å². The summed E-state index contributed by atoms with van der Waals surface area (Å²) in [6.07, 6.45) is 1.36. The summed E-state index contributed by atoms with van der Waals surface area (Å²) in [5.74, 6) is -0.305. The highest BCUT2D eigenvalue weighted by Crippen LogP contribution is 2.06. The van der Waals surface area contributed by atoms with Crippen molar-refractivity contribution >= 4 is 11.9 Å². The average molecular weight is 290 g/mol. The maximum Gasteiger partial charge on any atom is 0.310 e. The van der Waals surface area contributed by atoms with Crippen LogP contribution in [0, 0.1) is 5.92 Å². The Morgan fingerprint density at radius 3 is 2.86 bits per heavy atom. The lowest BCUT2D eigenvalue weighted by Crippen LogP contribution is -2.47. The third kappa shape index (κ3) is 5.19. The molecule has 0 bridgehead atoms. The minimum atomic E-state index is -0.203. The summed E-state index contributed by atoms with van der Waals surface area (Å²) in [5, 5.41) is 6.12. The number of carbonyl (C=O) groups is 2. The van der Waals surface area contributed by atoms with Crippen molar-refractivity contribution in [2.24, 2.45) is 5.92 Å². The molecule has 0 aromatic heterocycles. The highest BCUT2D eigenvalue weighted by molar-refractivity contribution is 5.76. The molecule has 1 amide bonds. The highest BCUT2D eigenvalue weighted by atomic mass is 16.5. The molecule has 0 saturated carbocycles. The zero-order chi connectivity index (χ0) is 15.1. The standard InChI is InChI=1S/C16H22N2O3/c1-12(9-17-14-7-8-15(19)18-10-14)16(20)21-11-13-5-3-2-4-6-13/h2-6,12,14,17H,7-11H2,1H3,(H,18,19). The van der Waals surface area contributed by atoms with Crippen LogP contribution in [-0.4, -0.2) is 31.0 Å². The maximum absolute atomic E-state index is 11.9. The van der Waals surface area contributed by atoms with Gasteiger partial charge in [0.2, 0.25) is 5.91 Å². The van der Waals surface area contributed by atoms with Crippen molar-refractivity contribution in [3.63, 3.8) is 0 Å². The van der Waals surface area contributed by atoms with Crippen LogP contribution in [0.2, 0.25) is 0 Å². The molecule has 1 heterocycles. The van der Waals surface area contributed by atoms with Gasteiger partial charge in [0.15, 0.2) is 0 Å². The van der Waals surface area contributed by atoms with Gasteiger partial charge in [0.1, 0.15) is 6.61 Å². The van der Waals surface area contributed by atoms with E-state index in [1.165, 1.54) is 0 Å². The van der Waals surface area contributed by atoms with Gasteiger partial charge in [-0.25, -0.2) is 0 Å². The number of nitrogens with one attached hydrogen (secondary N) is 2. The summed E-state index contributed by atoms with van der Waals surface area (Å²) in [6, 6.07) is 9.88. The molecule has 2 N–H and O–H groups in total. The van der Waals surface area contributed by atoms with Crippen molar-refractivity contribution in [2.45, 2.75) is 32.4 Å². The Bertz CT molecular complexity index is 466. The number of esters is 1. The highest BCUT2D eigenvalue weighted by Gasteiger charge is 2.20. The van der Waals surface area contributed by atoms with Crippen molar-refractivity contribution in [3.8, 4) is 0 Å². The molecule has 21 heavy (non-hydrogen) atoms. The van der Waals surface area contributed by atoms with Gasteiger partial charge >= 0.3 is 5.97 Å². The molecule has 5 heteroatoms. The van der Waals surface area contributed by atoms with Crippen LogP contribution < -0.4 is 10.6 Å². The van der Waals surface area contributed by atoms with Gasteiger partial charge in [0, 0.05) is 25.6 Å². The summed E-state index contributed by atoms with van der Waals surface area (Å²) >= 11 is 0. The van der Waals surface area contributed by atoms with Crippen LogP contribution in [-0.2, 0) is 20.9 Å². The molecule has 2 rings (SSSR count). The van der Waals surface area contributed by atoms with Crippen LogP contribution in [0.1, 0.15) is 25.3 Å². The SMILES string of the molecule is CC(CNC1CCC(=O)NC1)C(=O)OCc1ccccc1. The van der Waals surface area contributed by atoms with E-state index in [0.29, 0.717) is 26.1 Å². The van der Waals surface area contributed by atoms with Crippen LogP contribution in [0.4, 0.5) is 0 Å². The Hall–Kier alpha value is -1.88. The molecule has 0 aliphatic carbocycles. The maximum atomic E-state index is 11.9. The first-order valence-electron chi connectivity index (χ1n) is 7.36. The molecule has 114 valence electrons. The summed E-state index contributed by atoms with van der Waals surface area (Å²) in [7, 11) is 0. The lowest BCUT2D eigenvalue weighted by Gasteiger charge is -2.24. The van der Waals surface area contributed by atoms with E-state index in [4.69, 9.17) is 4.74 Å². The van der Waals surface area contributed by atoms with Crippen LogP contribution in [0.15, 0.2) is 30.3 Å². The lowest BCUT2D eigenvalue weighted by atomic mass is 10.1. The van der Waals surface area contributed by atoms with Gasteiger partial charge in [-0.05, 0) is 12.0 Å². The monoisotopic (exact) mass is 290 g/mol. The van der Waals surface area contributed by atoms with Crippen molar-refractivity contribution in [3.05, 3.63) is 35.9 Å². The second kappa shape index (κ2) is 7.78. The molecule has 1 fully saturated rings. The fourth-order valence-electron chi connectivity index (χ4n) is 2.20. The van der Waals surface area contributed by atoms with Gasteiger partial charge in [-0.3, -0.25) is 9.59 Å². The van der Waals surface area contributed by atoms with E-state index in [2.05, 4.69) is 10.6 Å². The fourth-order valence-corrected chi connectivity index (χ4v) is 2.20. The van der Waals surface area contributed by atoms with Crippen LogP contribution in [0.3, 0.4) is 0 Å². The molecular formula is C16H22N2O3. The smallest absolute Gasteiger partial charge is 0.310 e. The molecule has 0 spiro atoms. The van der Waals surface area contributed by atoms with Crippen LogP contribution in [0.25, 0.3) is 0 Å². The number of hydrogen-bond donors (Lipinski definition) is 2. The second-order valence-electron chi connectivity index (χ2n) is 5.44. The molecule has 1 aliphatic heterocycles. The largest absolute Gasteiger partial charge is 0.461 e. The van der Waals surface area contributed by atoms with E-state index in [1.807, 2.05) is 37.3 Å². The summed E-state index contributed by atoms with van der Waals surface area (Å²) in [5.41, 5.74) is 0.987. The minimum Gasteiger partial charge on any atom is -0.461 e. The Balaban J connectivity index is 1.66. The summed E-state index contributed by atoms with van der Waals surface area (Å²) in [4.78, 5) is 23.0. The van der Waals surface area contributed by atoms with Crippen molar-refractivity contribution in [1.29, 1.82) is 0 Å². The van der Waals surface area contributed by atoms with Gasteiger partial charge in [0.05, 0.1) is 5.92 Å². The Morgan fingerprint density at radius 1 is 1.43 bits per heavy atom. The molecule has 0 radical (unpaired) electrons. The molecule has 1 aliphatic rings. The van der Waals surface area contributed by atoms with E-state index >= 15 is 0 Å². The van der Waals surface area contributed by atoms with Gasteiger partial charge in [-0.15, -0.1) is 0 Å². The number of amides is 1. The van der Waals surface area contributed by atoms with Crippen LogP contribution >= 0.6 is 0 Å². The minimum absolute atomic E-state index is 0.100. The topological polar surface area (TPSA) is 67.4 Å². The quantitative estimate of drug-likeness (QED) is 0.773. The molecular weight excluding hydrogens is 268 g/mol.